The standard InChI is InChI=1S/C15H24N4O/c1-15(2,16)8-7-14(20)18-12-5-6-13(17-11-12)19-9-3-4-10-19/h5-6,11H,3-4,7-10,16H2,1-2H3,(H,18,20). The fourth-order valence-corrected chi connectivity index (χ4v) is 2.25. The predicted molar refractivity (Wildman–Crippen MR) is 81.8 cm³/mol. The highest BCUT2D eigenvalue weighted by Crippen LogP contribution is 2.19. The van der Waals surface area contributed by atoms with Crippen LogP contribution in [0.1, 0.15) is 39.5 Å². The molecule has 0 unspecified atom stereocenters. The molecular weight excluding hydrogens is 252 g/mol. The molecule has 3 N–H and O–H groups in total. The summed E-state index contributed by atoms with van der Waals surface area (Å²) in [4.78, 5) is 18.5. The van der Waals surface area contributed by atoms with Crippen LogP contribution in [0.3, 0.4) is 0 Å². The first-order valence-corrected chi connectivity index (χ1v) is 7.24. The van der Waals surface area contributed by atoms with Gasteiger partial charge in [-0.1, -0.05) is 0 Å². The van der Waals surface area contributed by atoms with E-state index in [-0.39, 0.29) is 11.4 Å². The summed E-state index contributed by atoms with van der Waals surface area (Å²) in [6.45, 7) is 5.99. The zero-order valence-corrected chi connectivity index (χ0v) is 12.4. The summed E-state index contributed by atoms with van der Waals surface area (Å²) in [5.74, 6) is 0.975. The Kier molecular flexibility index (Phi) is 4.60. The molecule has 0 aliphatic carbocycles. The Morgan fingerprint density at radius 1 is 1.40 bits per heavy atom. The van der Waals surface area contributed by atoms with Crippen molar-refractivity contribution in [1.29, 1.82) is 0 Å². The maximum Gasteiger partial charge on any atom is 0.224 e. The van der Waals surface area contributed by atoms with Crippen LogP contribution in [0.2, 0.25) is 0 Å². The van der Waals surface area contributed by atoms with Crippen molar-refractivity contribution < 1.29 is 4.79 Å². The number of pyridine rings is 1. The highest BCUT2D eigenvalue weighted by atomic mass is 16.1. The lowest BCUT2D eigenvalue weighted by atomic mass is 10.00. The number of nitrogens with two attached hydrogens (primary N) is 1. The van der Waals surface area contributed by atoms with Gasteiger partial charge in [0.2, 0.25) is 5.91 Å². The van der Waals surface area contributed by atoms with Crippen molar-refractivity contribution in [3.8, 4) is 0 Å². The number of amides is 1. The number of rotatable bonds is 5. The smallest absolute Gasteiger partial charge is 0.224 e. The second kappa shape index (κ2) is 6.22. The summed E-state index contributed by atoms with van der Waals surface area (Å²) in [7, 11) is 0. The lowest BCUT2D eigenvalue weighted by Gasteiger charge is -2.18. The normalized spacial score (nSPS) is 15.4. The lowest BCUT2D eigenvalue weighted by molar-refractivity contribution is -0.116. The number of hydrogen-bond donors (Lipinski definition) is 2. The molecule has 1 saturated heterocycles. The number of anilines is 2. The van der Waals surface area contributed by atoms with E-state index in [1.165, 1.54) is 12.8 Å². The average molecular weight is 276 g/mol. The van der Waals surface area contributed by atoms with Crippen LogP contribution in [0.5, 0.6) is 0 Å². The van der Waals surface area contributed by atoms with Crippen LogP contribution in [-0.2, 0) is 4.79 Å². The first kappa shape index (κ1) is 14.8. The van der Waals surface area contributed by atoms with Gasteiger partial charge < -0.3 is 16.0 Å². The number of aromatic nitrogens is 1. The second-order valence-electron chi connectivity index (χ2n) is 6.14. The molecule has 1 fully saturated rings. The zero-order valence-electron chi connectivity index (χ0n) is 12.4. The van der Waals surface area contributed by atoms with Gasteiger partial charge in [-0.15, -0.1) is 0 Å². The van der Waals surface area contributed by atoms with E-state index in [1.807, 2.05) is 26.0 Å². The van der Waals surface area contributed by atoms with Crippen molar-refractivity contribution in [2.24, 2.45) is 5.73 Å². The first-order valence-electron chi connectivity index (χ1n) is 7.24. The minimum atomic E-state index is -0.310. The number of carbonyl (C=O) groups is 1. The third-order valence-electron chi connectivity index (χ3n) is 3.46. The Balaban J connectivity index is 1.85. The molecule has 0 saturated carbocycles. The fraction of sp³-hybridized carbons (Fsp3) is 0.600. The molecule has 2 rings (SSSR count). The van der Waals surface area contributed by atoms with E-state index in [0.717, 1.165) is 24.6 Å². The van der Waals surface area contributed by atoms with Crippen LogP contribution in [-0.4, -0.2) is 29.5 Å². The number of hydrogen-bond acceptors (Lipinski definition) is 4. The van der Waals surface area contributed by atoms with E-state index in [4.69, 9.17) is 5.73 Å². The third kappa shape index (κ3) is 4.49. The number of nitrogens with zero attached hydrogens (tertiary/aromatic N) is 2. The molecule has 1 aromatic heterocycles. The van der Waals surface area contributed by atoms with Crippen LogP contribution in [0.4, 0.5) is 11.5 Å². The molecule has 0 radical (unpaired) electrons. The van der Waals surface area contributed by atoms with Crippen LogP contribution in [0.25, 0.3) is 0 Å². The van der Waals surface area contributed by atoms with Gasteiger partial charge in [0.25, 0.3) is 0 Å². The summed E-state index contributed by atoms with van der Waals surface area (Å²) in [6, 6.07) is 3.87. The fourth-order valence-electron chi connectivity index (χ4n) is 2.25. The van der Waals surface area contributed by atoms with Crippen LogP contribution in [0.15, 0.2) is 18.3 Å². The predicted octanol–water partition coefficient (Wildman–Crippen LogP) is 2.14. The topological polar surface area (TPSA) is 71.2 Å². The number of nitrogens with one attached hydrogen (secondary N) is 1. The average Bonchev–Trinajstić information content (AvgIpc) is 2.90. The second-order valence-corrected chi connectivity index (χ2v) is 6.14. The van der Waals surface area contributed by atoms with E-state index in [9.17, 15) is 4.79 Å². The molecule has 1 aliphatic rings. The monoisotopic (exact) mass is 276 g/mol. The van der Waals surface area contributed by atoms with Crippen LogP contribution >= 0.6 is 0 Å². The van der Waals surface area contributed by atoms with Gasteiger partial charge in [0, 0.05) is 25.0 Å². The molecule has 1 amide bonds. The SMILES string of the molecule is CC(C)(N)CCC(=O)Nc1ccc(N2CCCC2)nc1. The van der Waals surface area contributed by atoms with Gasteiger partial charge in [0.15, 0.2) is 0 Å². The molecule has 0 aromatic carbocycles. The maximum absolute atomic E-state index is 11.8. The van der Waals surface area contributed by atoms with E-state index >= 15 is 0 Å². The van der Waals surface area contributed by atoms with Gasteiger partial charge in [-0.05, 0) is 45.2 Å². The quantitative estimate of drug-likeness (QED) is 0.864. The van der Waals surface area contributed by atoms with Crippen molar-refractivity contribution in [2.75, 3.05) is 23.3 Å². The highest BCUT2D eigenvalue weighted by molar-refractivity contribution is 5.90. The summed E-state index contributed by atoms with van der Waals surface area (Å²) in [5.41, 5.74) is 6.30. The molecule has 1 aromatic rings. The van der Waals surface area contributed by atoms with Gasteiger partial charge in [0.1, 0.15) is 5.82 Å². The summed E-state index contributed by atoms with van der Waals surface area (Å²) in [5, 5.41) is 2.86. The van der Waals surface area contributed by atoms with Crippen molar-refractivity contribution in [2.45, 2.75) is 45.1 Å². The third-order valence-corrected chi connectivity index (χ3v) is 3.46. The Morgan fingerprint density at radius 3 is 2.65 bits per heavy atom. The van der Waals surface area contributed by atoms with Crippen molar-refractivity contribution in [3.05, 3.63) is 18.3 Å². The lowest BCUT2D eigenvalue weighted by Crippen LogP contribution is -2.33. The van der Waals surface area contributed by atoms with Gasteiger partial charge >= 0.3 is 0 Å². The van der Waals surface area contributed by atoms with E-state index < -0.39 is 0 Å². The molecule has 20 heavy (non-hydrogen) atoms. The molecule has 5 nitrogen and oxygen atoms in total. The molecule has 0 bridgehead atoms. The van der Waals surface area contributed by atoms with Gasteiger partial charge in [-0.25, -0.2) is 4.98 Å². The highest BCUT2D eigenvalue weighted by Gasteiger charge is 2.15. The van der Waals surface area contributed by atoms with Crippen LogP contribution < -0.4 is 16.0 Å². The minimum absolute atomic E-state index is 0.0146. The van der Waals surface area contributed by atoms with Crippen LogP contribution in [0, 0.1) is 0 Å². The molecule has 110 valence electrons. The largest absolute Gasteiger partial charge is 0.357 e. The minimum Gasteiger partial charge on any atom is -0.357 e. The Morgan fingerprint density at radius 2 is 2.10 bits per heavy atom. The summed E-state index contributed by atoms with van der Waals surface area (Å²) >= 11 is 0. The Hall–Kier alpha value is -1.62. The molecule has 5 heteroatoms. The molecule has 2 heterocycles. The van der Waals surface area contributed by atoms with Gasteiger partial charge in [0.05, 0.1) is 11.9 Å². The van der Waals surface area contributed by atoms with E-state index in [1.54, 1.807) is 6.20 Å². The number of carbonyl (C=O) groups excluding carboxylic acids is 1. The van der Waals surface area contributed by atoms with E-state index in [0.29, 0.717) is 12.8 Å². The van der Waals surface area contributed by atoms with Crippen molar-refractivity contribution in [1.82, 2.24) is 4.98 Å². The van der Waals surface area contributed by atoms with Gasteiger partial charge in [-0.2, -0.15) is 0 Å². The zero-order chi connectivity index (χ0) is 14.6. The van der Waals surface area contributed by atoms with E-state index in [2.05, 4.69) is 15.2 Å². The molecule has 0 spiro atoms. The molecular formula is C15H24N4O. The molecule has 1 aliphatic heterocycles. The first-order chi connectivity index (χ1) is 9.44. The Labute approximate surface area is 120 Å². The summed E-state index contributed by atoms with van der Waals surface area (Å²) < 4.78 is 0. The van der Waals surface area contributed by atoms with Crippen molar-refractivity contribution in [3.63, 3.8) is 0 Å². The molecule has 0 atom stereocenters. The van der Waals surface area contributed by atoms with Crippen molar-refractivity contribution >= 4 is 17.4 Å². The Bertz CT molecular complexity index is 444. The maximum atomic E-state index is 11.8. The van der Waals surface area contributed by atoms with Gasteiger partial charge in [-0.3, -0.25) is 4.79 Å². The summed E-state index contributed by atoms with van der Waals surface area (Å²) in [6.07, 6.45) is 5.28.